The summed E-state index contributed by atoms with van der Waals surface area (Å²) in [4.78, 5) is 30.5. The van der Waals surface area contributed by atoms with Crippen molar-refractivity contribution in [1.82, 2.24) is 15.3 Å². The van der Waals surface area contributed by atoms with Crippen molar-refractivity contribution < 1.29 is 14.7 Å². The zero-order chi connectivity index (χ0) is 17.1. The summed E-state index contributed by atoms with van der Waals surface area (Å²) in [6, 6.07) is 10.8. The van der Waals surface area contributed by atoms with Crippen LogP contribution in [0.5, 0.6) is 0 Å². The van der Waals surface area contributed by atoms with Crippen molar-refractivity contribution in [2.45, 2.75) is 12.8 Å². The lowest BCUT2D eigenvalue weighted by molar-refractivity contribution is 0.0696. The molecule has 0 saturated heterocycles. The van der Waals surface area contributed by atoms with Crippen LogP contribution in [0, 0.1) is 0 Å². The van der Waals surface area contributed by atoms with E-state index in [0.717, 1.165) is 16.5 Å². The SMILES string of the molecule is CNC(=O)c1cc(C(=O)O)cc(CCc2cccc3[nH]ccc23)n1. The van der Waals surface area contributed by atoms with Crippen molar-refractivity contribution in [2.24, 2.45) is 0 Å². The second-order valence-electron chi connectivity index (χ2n) is 5.47. The highest BCUT2D eigenvalue weighted by atomic mass is 16.4. The Morgan fingerprint density at radius 1 is 1.21 bits per heavy atom. The molecule has 0 aliphatic carbocycles. The van der Waals surface area contributed by atoms with Crippen LogP contribution in [0.1, 0.15) is 32.1 Å². The molecular formula is C18H17N3O3. The molecule has 0 atom stereocenters. The molecule has 3 rings (SSSR count). The summed E-state index contributed by atoms with van der Waals surface area (Å²) in [5, 5.41) is 12.8. The molecule has 24 heavy (non-hydrogen) atoms. The molecule has 0 aliphatic rings. The standard InChI is InChI=1S/C18H17N3O3/c1-19-17(22)16-10-12(18(23)24)9-13(21-16)6-5-11-3-2-4-15-14(11)7-8-20-15/h2-4,7-10,20H,5-6H2,1H3,(H,19,22)(H,23,24). The predicted octanol–water partition coefficient (Wildman–Crippen LogP) is 2.41. The van der Waals surface area contributed by atoms with Gasteiger partial charge in [-0.25, -0.2) is 9.78 Å². The first-order chi connectivity index (χ1) is 11.6. The highest BCUT2D eigenvalue weighted by Gasteiger charge is 2.13. The van der Waals surface area contributed by atoms with Crippen molar-refractivity contribution in [3.05, 3.63) is 65.1 Å². The van der Waals surface area contributed by atoms with Crippen molar-refractivity contribution in [3.8, 4) is 0 Å². The minimum absolute atomic E-state index is 0.0680. The summed E-state index contributed by atoms with van der Waals surface area (Å²) < 4.78 is 0. The number of aromatic amines is 1. The highest BCUT2D eigenvalue weighted by Crippen LogP contribution is 2.19. The smallest absolute Gasteiger partial charge is 0.335 e. The van der Waals surface area contributed by atoms with Crippen LogP contribution in [0.3, 0.4) is 0 Å². The van der Waals surface area contributed by atoms with E-state index in [4.69, 9.17) is 0 Å². The molecule has 1 aromatic carbocycles. The molecule has 0 bridgehead atoms. The van der Waals surface area contributed by atoms with E-state index in [-0.39, 0.29) is 11.3 Å². The molecule has 0 saturated carbocycles. The zero-order valence-corrected chi connectivity index (χ0v) is 13.2. The first-order valence-electron chi connectivity index (χ1n) is 7.60. The molecule has 2 heterocycles. The van der Waals surface area contributed by atoms with Gasteiger partial charge in [-0.1, -0.05) is 12.1 Å². The topological polar surface area (TPSA) is 95.1 Å². The van der Waals surface area contributed by atoms with E-state index in [1.54, 1.807) is 0 Å². The van der Waals surface area contributed by atoms with Crippen LogP contribution in [0.25, 0.3) is 10.9 Å². The van der Waals surface area contributed by atoms with Gasteiger partial charge in [-0.3, -0.25) is 4.79 Å². The van der Waals surface area contributed by atoms with Crippen LogP contribution in [-0.4, -0.2) is 34.0 Å². The monoisotopic (exact) mass is 323 g/mol. The quantitative estimate of drug-likeness (QED) is 0.672. The number of rotatable bonds is 5. The number of carboxylic acids is 1. The van der Waals surface area contributed by atoms with E-state index >= 15 is 0 Å². The third kappa shape index (κ3) is 3.12. The van der Waals surface area contributed by atoms with Crippen LogP contribution < -0.4 is 5.32 Å². The lowest BCUT2D eigenvalue weighted by atomic mass is 10.0. The van der Waals surface area contributed by atoms with Gasteiger partial charge in [-0.2, -0.15) is 0 Å². The number of amides is 1. The number of carboxylic acid groups (broad SMARTS) is 1. The average Bonchev–Trinajstić information content (AvgIpc) is 3.08. The molecule has 3 aromatic rings. The molecule has 2 aromatic heterocycles. The van der Waals surface area contributed by atoms with Crippen LogP contribution in [0.15, 0.2) is 42.6 Å². The molecule has 0 radical (unpaired) electrons. The molecule has 1 amide bonds. The zero-order valence-electron chi connectivity index (χ0n) is 13.2. The number of pyridine rings is 1. The Labute approximate surface area is 138 Å². The van der Waals surface area contributed by atoms with Crippen molar-refractivity contribution in [1.29, 1.82) is 0 Å². The van der Waals surface area contributed by atoms with Gasteiger partial charge in [0.25, 0.3) is 5.91 Å². The highest BCUT2D eigenvalue weighted by molar-refractivity contribution is 5.95. The number of nitrogens with one attached hydrogen (secondary N) is 2. The maximum Gasteiger partial charge on any atom is 0.335 e. The number of hydrogen-bond donors (Lipinski definition) is 3. The van der Waals surface area contributed by atoms with Crippen LogP contribution >= 0.6 is 0 Å². The Morgan fingerprint density at radius 3 is 2.79 bits per heavy atom. The maximum atomic E-state index is 11.8. The Morgan fingerprint density at radius 2 is 2.04 bits per heavy atom. The van der Waals surface area contributed by atoms with Gasteiger partial charge in [-0.15, -0.1) is 0 Å². The van der Waals surface area contributed by atoms with Gasteiger partial charge in [0.15, 0.2) is 0 Å². The summed E-state index contributed by atoms with van der Waals surface area (Å²) in [5.41, 5.74) is 2.98. The first kappa shape index (κ1) is 15.7. The lowest BCUT2D eigenvalue weighted by Crippen LogP contribution is -2.20. The van der Waals surface area contributed by atoms with Crippen LogP contribution in [0.4, 0.5) is 0 Å². The fourth-order valence-corrected chi connectivity index (χ4v) is 2.71. The fraction of sp³-hybridized carbons (Fsp3) is 0.167. The largest absolute Gasteiger partial charge is 0.478 e. The minimum atomic E-state index is -1.07. The number of carbonyl (C=O) groups excluding carboxylic acids is 1. The van der Waals surface area contributed by atoms with Gasteiger partial charge in [0, 0.05) is 29.8 Å². The number of aryl methyl sites for hydroxylation is 2. The van der Waals surface area contributed by atoms with Gasteiger partial charge in [-0.05, 0) is 42.7 Å². The molecule has 3 N–H and O–H groups in total. The van der Waals surface area contributed by atoms with Gasteiger partial charge >= 0.3 is 5.97 Å². The maximum absolute atomic E-state index is 11.8. The summed E-state index contributed by atoms with van der Waals surface area (Å²) in [7, 11) is 1.49. The molecular weight excluding hydrogens is 306 g/mol. The molecule has 122 valence electrons. The number of carbonyl (C=O) groups is 2. The fourth-order valence-electron chi connectivity index (χ4n) is 2.71. The van der Waals surface area contributed by atoms with E-state index < -0.39 is 11.9 Å². The van der Waals surface area contributed by atoms with Crippen LogP contribution in [0.2, 0.25) is 0 Å². The molecule has 0 unspecified atom stereocenters. The minimum Gasteiger partial charge on any atom is -0.478 e. The number of hydrogen-bond acceptors (Lipinski definition) is 3. The molecule has 0 fully saturated rings. The second-order valence-corrected chi connectivity index (χ2v) is 5.47. The van der Waals surface area contributed by atoms with E-state index in [1.807, 2.05) is 30.5 Å². The average molecular weight is 323 g/mol. The third-order valence-electron chi connectivity index (χ3n) is 3.92. The van der Waals surface area contributed by atoms with Crippen molar-refractivity contribution in [3.63, 3.8) is 0 Å². The number of benzene rings is 1. The molecule has 0 spiro atoms. The van der Waals surface area contributed by atoms with Gasteiger partial charge < -0.3 is 15.4 Å². The van der Waals surface area contributed by atoms with E-state index in [9.17, 15) is 14.7 Å². The number of nitrogens with zero attached hydrogens (tertiary/aromatic N) is 1. The summed E-state index contributed by atoms with van der Waals surface area (Å²) in [5.74, 6) is -1.47. The Bertz CT molecular complexity index is 915. The van der Waals surface area contributed by atoms with Crippen molar-refractivity contribution >= 4 is 22.8 Å². The van der Waals surface area contributed by atoms with Gasteiger partial charge in [0.05, 0.1) is 5.56 Å². The van der Waals surface area contributed by atoms with Crippen molar-refractivity contribution in [2.75, 3.05) is 7.05 Å². The summed E-state index contributed by atoms with van der Waals surface area (Å²) in [6.45, 7) is 0. The van der Waals surface area contributed by atoms with E-state index in [2.05, 4.69) is 15.3 Å². The lowest BCUT2D eigenvalue weighted by Gasteiger charge is -2.07. The summed E-state index contributed by atoms with van der Waals surface area (Å²) in [6.07, 6.45) is 3.15. The molecule has 6 heteroatoms. The van der Waals surface area contributed by atoms with E-state index in [0.29, 0.717) is 18.5 Å². The second kappa shape index (κ2) is 6.54. The van der Waals surface area contributed by atoms with Gasteiger partial charge in [0.1, 0.15) is 5.69 Å². The number of H-pyrrole nitrogens is 1. The van der Waals surface area contributed by atoms with Crippen LogP contribution in [-0.2, 0) is 12.8 Å². The number of aromatic nitrogens is 2. The normalized spacial score (nSPS) is 10.7. The number of aromatic carboxylic acids is 1. The Balaban J connectivity index is 1.89. The Kier molecular flexibility index (Phi) is 4.29. The van der Waals surface area contributed by atoms with Gasteiger partial charge in [0.2, 0.25) is 0 Å². The number of fused-ring (bicyclic) bond motifs is 1. The third-order valence-corrected chi connectivity index (χ3v) is 3.92. The van der Waals surface area contributed by atoms with E-state index in [1.165, 1.54) is 19.2 Å². The predicted molar refractivity (Wildman–Crippen MR) is 90.3 cm³/mol. The Hall–Kier alpha value is -3.15. The molecule has 0 aliphatic heterocycles. The first-order valence-corrected chi connectivity index (χ1v) is 7.60. The summed E-state index contributed by atoms with van der Waals surface area (Å²) >= 11 is 0. The molecule has 6 nitrogen and oxygen atoms in total.